The first-order chi connectivity index (χ1) is 16.6. The fraction of sp³-hybridized carbons (Fsp3) is 0.462. The van der Waals surface area contributed by atoms with Gasteiger partial charge in [-0.15, -0.1) is 0 Å². The summed E-state index contributed by atoms with van der Waals surface area (Å²) >= 11 is 0.748. The number of nitrogens with zero attached hydrogens (tertiary/aromatic N) is 2. The van der Waals surface area contributed by atoms with Crippen LogP contribution in [-0.4, -0.2) is 65.1 Å². The summed E-state index contributed by atoms with van der Waals surface area (Å²) in [6.07, 6.45) is 1.89. The maximum absolute atomic E-state index is 12.7. The number of rotatable bonds is 6. The van der Waals surface area contributed by atoms with E-state index in [0.29, 0.717) is 31.4 Å². The molecule has 3 aliphatic heterocycles. The van der Waals surface area contributed by atoms with Crippen molar-refractivity contribution in [1.82, 2.24) is 4.90 Å². The van der Waals surface area contributed by atoms with E-state index in [1.807, 2.05) is 24.3 Å². The van der Waals surface area contributed by atoms with Crippen LogP contribution in [0.15, 0.2) is 58.4 Å². The van der Waals surface area contributed by atoms with Gasteiger partial charge in [0.05, 0.1) is 6.61 Å². The molecule has 0 N–H and O–H groups in total. The van der Waals surface area contributed by atoms with Gasteiger partial charge in [0, 0.05) is 6.54 Å². The number of carbonyl (C=O) groups is 1. The minimum atomic E-state index is -0.983. The molecule has 0 saturated carbocycles. The number of thioether (sulfide) groups is 1. The Morgan fingerprint density at radius 1 is 1.00 bits per heavy atom. The molecule has 0 aliphatic carbocycles. The number of alkyl halides is 2. The van der Waals surface area contributed by atoms with Gasteiger partial charge >= 0.3 is 179 Å². The Labute approximate surface area is 212 Å². The number of ether oxygens (including phenoxy) is 3. The van der Waals surface area contributed by atoms with E-state index in [0.717, 1.165) is 37.5 Å². The van der Waals surface area contributed by atoms with Crippen LogP contribution in [0.5, 0.6) is 0 Å². The van der Waals surface area contributed by atoms with Gasteiger partial charge < -0.3 is 9.64 Å². The molecule has 2 unspecified atom stereocenters. The molecular formula is C26H31IN2O4S. The predicted octanol–water partition coefficient (Wildman–Crippen LogP) is 5.07. The fourth-order valence-corrected chi connectivity index (χ4v) is 7.21. The van der Waals surface area contributed by atoms with Gasteiger partial charge in [0.1, 0.15) is 6.73 Å². The van der Waals surface area contributed by atoms with Crippen LogP contribution in [0, 0.1) is 9.49 Å². The van der Waals surface area contributed by atoms with E-state index < -0.39 is 19.8 Å². The summed E-state index contributed by atoms with van der Waals surface area (Å²) < 4.78 is 18.8. The monoisotopic (exact) mass is 594 g/mol. The summed E-state index contributed by atoms with van der Waals surface area (Å²) in [4.78, 5) is 25.4. The third-order valence-corrected chi connectivity index (χ3v) is 10.7. The quantitative estimate of drug-likeness (QED) is 0.346. The van der Waals surface area contributed by atoms with Crippen LogP contribution < -0.4 is 0 Å². The van der Waals surface area contributed by atoms with Crippen LogP contribution in [0.4, 0.5) is 0 Å². The average Bonchev–Trinajstić information content (AvgIpc) is 3.55. The van der Waals surface area contributed by atoms with Crippen LogP contribution in [0.2, 0.25) is 0 Å². The van der Waals surface area contributed by atoms with Crippen molar-refractivity contribution in [1.29, 1.82) is 0 Å². The van der Waals surface area contributed by atoms with E-state index >= 15 is 0 Å². The molecule has 2 aromatic carbocycles. The molecule has 2 fully saturated rings. The van der Waals surface area contributed by atoms with E-state index in [1.54, 1.807) is 16.7 Å². The second-order valence-electron chi connectivity index (χ2n) is 8.84. The zero-order valence-electron chi connectivity index (χ0n) is 19.6. The van der Waals surface area contributed by atoms with Crippen molar-refractivity contribution in [3.8, 4) is 0 Å². The number of amides is 1. The Morgan fingerprint density at radius 3 is 2.38 bits per heavy atom. The number of aliphatic imine (C=N–C) groups is 1. The first-order valence-corrected chi connectivity index (χ1v) is 17.9. The molecule has 34 heavy (non-hydrogen) atoms. The molecule has 0 spiro atoms. The zero-order valence-corrected chi connectivity index (χ0v) is 22.6. The fourth-order valence-electron chi connectivity index (χ4n) is 4.36. The van der Waals surface area contributed by atoms with Crippen LogP contribution >= 0.6 is 31.6 Å². The first-order valence-electron chi connectivity index (χ1n) is 11.6. The first kappa shape index (κ1) is 24.1. The summed E-state index contributed by atoms with van der Waals surface area (Å²) in [6, 6.07) is 16.7. The van der Waals surface area contributed by atoms with E-state index in [4.69, 9.17) is 19.2 Å². The molecule has 182 valence electrons. The van der Waals surface area contributed by atoms with Crippen molar-refractivity contribution in [2.45, 2.75) is 29.2 Å². The molecule has 3 aliphatic rings. The van der Waals surface area contributed by atoms with Gasteiger partial charge in [0.15, 0.2) is 0 Å². The van der Waals surface area contributed by atoms with Crippen LogP contribution in [0.1, 0.15) is 34.8 Å². The number of carbonyl (C=O) groups excluding carboxylic acids is 1. The molecule has 0 aromatic heterocycles. The van der Waals surface area contributed by atoms with E-state index in [-0.39, 0.29) is 17.4 Å². The van der Waals surface area contributed by atoms with Gasteiger partial charge in [-0.05, 0) is 0 Å². The number of hydrogen-bond donors (Lipinski definition) is 0. The van der Waals surface area contributed by atoms with E-state index in [2.05, 4.69) is 34.1 Å². The van der Waals surface area contributed by atoms with Crippen LogP contribution in [0.3, 0.4) is 0 Å². The molecule has 8 heteroatoms. The van der Waals surface area contributed by atoms with Crippen LogP contribution in [0.25, 0.3) is 0 Å². The van der Waals surface area contributed by atoms with Crippen molar-refractivity contribution in [2.75, 3.05) is 43.0 Å². The van der Waals surface area contributed by atoms with Crippen molar-refractivity contribution >= 4 is 43.4 Å². The third kappa shape index (κ3) is 5.45. The molecular weight excluding hydrogens is 563 g/mol. The molecule has 0 radical (unpaired) electrons. The Bertz CT molecular complexity index is 1020. The average molecular weight is 595 g/mol. The molecule has 5 rings (SSSR count). The van der Waals surface area contributed by atoms with Crippen molar-refractivity contribution in [2.24, 2.45) is 10.9 Å². The molecule has 0 bridgehead atoms. The predicted molar refractivity (Wildman–Crippen MR) is 144 cm³/mol. The van der Waals surface area contributed by atoms with E-state index in [1.165, 1.54) is 8.47 Å². The molecule has 3 heterocycles. The van der Waals surface area contributed by atoms with Gasteiger partial charge in [-0.1, -0.05) is 0 Å². The minimum absolute atomic E-state index is 0.0123. The summed E-state index contributed by atoms with van der Waals surface area (Å²) in [5.74, 6) is 1.18. The van der Waals surface area contributed by atoms with Gasteiger partial charge in [-0.2, -0.15) is 0 Å². The number of hydrogen-bond acceptors (Lipinski definition) is 6. The second-order valence-corrected chi connectivity index (χ2v) is 15.6. The summed E-state index contributed by atoms with van der Waals surface area (Å²) in [6.45, 7) is 3.13. The Balaban J connectivity index is 1.36. The van der Waals surface area contributed by atoms with Gasteiger partial charge in [-0.25, -0.2) is 0 Å². The van der Waals surface area contributed by atoms with E-state index in [9.17, 15) is 4.79 Å². The van der Waals surface area contributed by atoms with Crippen molar-refractivity contribution in [3.05, 3.63) is 63.2 Å². The van der Waals surface area contributed by atoms with Gasteiger partial charge in [-0.3, -0.25) is 4.79 Å². The third-order valence-electron chi connectivity index (χ3n) is 6.37. The zero-order chi connectivity index (χ0) is 23.5. The standard InChI is InChI=1S/C26H31IN2O4S/c1-27(2)21-7-9-22(10-8-21)34-26-23(28-24(33-26)19-11-14-31-15-12-19)18-3-5-20(6-4-18)25(30)29-13-16-32-17-29/h3-10,19,23,26H,11-17H2,1-2H3. The molecule has 2 atom stereocenters. The van der Waals surface area contributed by atoms with Crippen molar-refractivity contribution < 1.29 is 19.0 Å². The molecule has 1 amide bonds. The Morgan fingerprint density at radius 2 is 1.74 bits per heavy atom. The molecule has 6 nitrogen and oxygen atoms in total. The van der Waals surface area contributed by atoms with Crippen LogP contribution in [-0.2, 0) is 14.2 Å². The second kappa shape index (κ2) is 11.0. The van der Waals surface area contributed by atoms with Gasteiger partial charge in [0.25, 0.3) is 0 Å². The SMILES string of the molecule is CI(C)c1ccc(SC2OC(C3CCOCC3)=NC2c2ccc(C(=O)N3CCOC3)cc2)cc1. The summed E-state index contributed by atoms with van der Waals surface area (Å²) in [5, 5.41) is 0. The van der Waals surface area contributed by atoms with Crippen molar-refractivity contribution in [3.63, 3.8) is 0 Å². The summed E-state index contributed by atoms with van der Waals surface area (Å²) in [5.41, 5.74) is 1.62. The number of benzene rings is 2. The summed E-state index contributed by atoms with van der Waals surface area (Å²) in [7, 11) is 0. The van der Waals surface area contributed by atoms with Gasteiger partial charge in [0.2, 0.25) is 0 Å². The molecule has 2 saturated heterocycles. The Hall–Kier alpha value is -1.62. The number of halogens is 1. The topological polar surface area (TPSA) is 60.4 Å². The normalized spacial score (nSPS) is 23.5. The Kier molecular flexibility index (Phi) is 7.77. The molecule has 2 aromatic rings. The maximum atomic E-state index is 12.7.